The summed E-state index contributed by atoms with van der Waals surface area (Å²) in [5.74, 6) is -1.69. The van der Waals surface area contributed by atoms with Crippen LogP contribution in [0.2, 0.25) is 0 Å². The Kier molecular flexibility index (Phi) is 2.67. The van der Waals surface area contributed by atoms with Gasteiger partial charge in [0.05, 0.1) is 18.2 Å². The number of likely N-dealkylation sites (N-methyl/N-ethyl adjacent to an activating group) is 1. The van der Waals surface area contributed by atoms with Crippen LogP contribution >= 0.6 is 0 Å². The first kappa shape index (κ1) is 11.3. The van der Waals surface area contributed by atoms with Gasteiger partial charge < -0.3 is 4.74 Å². The van der Waals surface area contributed by atoms with Crippen molar-refractivity contribution in [3.63, 3.8) is 0 Å². The summed E-state index contributed by atoms with van der Waals surface area (Å²) in [5, 5.41) is 0. The number of fused-ring (bicyclic) bond motifs is 1. The van der Waals surface area contributed by atoms with Crippen molar-refractivity contribution < 1.29 is 19.1 Å². The van der Waals surface area contributed by atoms with Crippen LogP contribution in [-0.4, -0.2) is 36.2 Å². The van der Waals surface area contributed by atoms with Crippen LogP contribution in [0, 0.1) is 0 Å². The fourth-order valence-corrected chi connectivity index (χ4v) is 1.87. The van der Waals surface area contributed by atoms with Gasteiger partial charge in [-0.2, -0.15) is 0 Å². The number of ether oxygens (including phenoxy) is 1. The van der Waals surface area contributed by atoms with Crippen molar-refractivity contribution in [1.82, 2.24) is 4.90 Å². The second kappa shape index (κ2) is 4.01. The van der Waals surface area contributed by atoms with E-state index in [1.54, 1.807) is 19.1 Å². The highest BCUT2D eigenvalue weighted by molar-refractivity contribution is 6.49. The van der Waals surface area contributed by atoms with E-state index in [1.807, 2.05) is 0 Å². The average Bonchev–Trinajstić information content (AvgIpc) is 2.36. The zero-order chi connectivity index (χ0) is 12.6. The van der Waals surface area contributed by atoms with Gasteiger partial charge in [0.2, 0.25) is 0 Å². The normalized spacial score (nSPS) is 14.9. The Hall–Kier alpha value is -2.17. The van der Waals surface area contributed by atoms with Crippen molar-refractivity contribution in [2.75, 3.05) is 13.7 Å². The highest BCUT2D eigenvalue weighted by Gasteiger charge is 2.38. The van der Waals surface area contributed by atoms with Gasteiger partial charge in [-0.3, -0.25) is 19.3 Å². The number of ketones is 1. The Morgan fingerprint density at radius 1 is 1.18 bits per heavy atom. The van der Waals surface area contributed by atoms with E-state index < -0.39 is 17.6 Å². The lowest BCUT2D eigenvalue weighted by atomic mass is 9.96. The van der Waals surface area contributed by atoms with Gasteiger partial charge in [0.15, 0.2) is 0 Å². The molecule has 0 saturated heterocycles. The molecule has 0 spiro atoms. The molecule has 1 heterocycles. The van der Waals surface area contributed by atoms with Gasteiger partial charge in [0.25, 0.3) is 11.7 Å². The molecule has 1 aliphatic heterocycles. The number of imide groups is 1. The lowest BCUT2D eigenvalue weighted by Crippen LogP contribution is -2.46. The Bertz CT molecular complexity index is 521. The van der Waals surface area contributed by atoms with Gasteiger partial charge in [-0.1, -0.05) is 6.07 Å². The first-order valence-corrected chi connectivity index (χ1v) is 5.19. The monoisotopic (exact) mass is 233 g/mol. The van der Waals surface area contributed by atoms with Gasteiger partial charge in [-0.15, -0.1) is 0 Å². The molecule has 0 atom stereocenters. The molecule has 2 amide bonds. The molecule has 5 heteroatoms. The minimum atomic E-state index is -0.797. The molecule has 0 unspecified atom stereocenters. The molecule has 17 heavy (non-hydrogen) atoms. The van der Waals surface area contributed by atoms with Crippen molar-refractivity contribution >= 4 is 17.6 Å². The van der Waals surface area contributed by atoms with Gasteiger partial charge in [-0.05, 0) is 19.1 Å². The second-order valence-corrected chi connectivity index (χ2v) is 3.57. The lowest BCUT2D eigenvalue weighted by molar-refractivity contribution is -0.124. The number of hydrogen-bond donors (Lipinski definition) is 0. The van der Waals surface area contributed by atoms with Gasteiger partial charge >= 0.3 is 5.91 Å². The van der Waals surface area contributed by atoms with E-state index in [1.165, 1.54) is 13.2 Å². The third-order valence-electron chi connectivity index (χ3n) is 2.70. The Labute approximate surface area is 98.0 Å². The average molecular weight is 233 g/mol. The highest BCUT2D eigenvalue weighted by Crippen LogP contribution is 2.28. The number of Topliss-reactive ketones (excluding diaryl/α,β-unsaturated/α-hetero) is 1. The fraction of sp³-hybridized carbons (Fsp3) is 0.250. The number of benzene rings is 1. The molecule has 0 aromatic heterocycles. The third kappa shape index (κ3) is 1.51. The maximum absolute atomic E-state index is 12.0. The molecular weight excluding hydrogens is 222 g/mol. The number of nitrogens with zero attached hydrogens (tertiary/aromatic N) is 1. The Morgan fingerprint density at radius 3 is 2.47 bits per heavy atom. The van der Waals surface area contributed by atoms with Crippen molar-refractivity contribution in [2.45, 2.75) is 6.92 Å². The number of methoxy groups -OCH3 is 1. The third-order valence-corrected chi connectivity index (χ3v) is 2.70. The molecule has 2 rings (SSSR count). The van der Waals surface area contributed by atoms with E-state index in [0.717, 1.165) is 4.90 Å². The van der Waals surface area contributed by atoms with Crippen molar-refractivity contribution in [2.24, 2.45) is 0 Å². The number of rotatable bonds is 2. The van der Waals surface area contributed by atoms with Crippen LogP contribution in [0.1, 0.15) is 27.6 Å². The number of carbonyl (C=O) groups is 3. The second-order valence-electron chi connectivity index (χ2n) is 3.57. The van der Waals surface area contributed by atoms with Gasteiger partial charge in [-0.25, -0.2) is 0 Å². The van der Waals surface area contributed by atoms with E-state index in [0.29, 0.717) is 0 Å². The van der Waals surface area contributed by atoms with Crippen molar-refractivity contribution in [3.05, 3.63) is 29.3 Å². The molecule has 0 fully saturated rings. The van der Waals surface area contributed by atoms with E-state index in [2.05, 4.69) is 0 Å². The number of hydrogen-bond acceptors (Lipinski definition) is 4. The predicted octanol–water partition coefficient (Wildman–Crippen LogP) is 0.880. The smallest absolute Gasteiger partial charge is 0.301 e. The van der Waals surface area contributed by atoms with E-state index >= 15 is 0 Å². The minimum absolute atomic E-state index is 0.0645. The summed E-state index contributed by atoms with van der Waals surface area (Å²) < 4.78 is 5.00. The van der Waals surface area contributed by atoms with Crippen LogP contribution in [-0.2, 0) is 4.79 Å². The van der Waals surface area contributed by atoms with Crippen LogP contribution < -0.4 is 4.74 Å². The molecule has 5 nitrogen and oxygen atoms in total. The predicted molar refractivity (Wildman–Crippen MR) is 59.0 cm³/mol. The van der Waals surface area contributed by atoms with Gasteiger partial charge in [0.1, 0.15) is 5.75 Å². The van der Waals surface area contributed by atoms with E-state index in [9.17, 15) is 14.4 Å². The Morgan fingerprint density at radius 2 is 1.88 bits per heavy atom. The van der Waals surface area contributed by atoms with Gasteiger partial charge in [0, 0.05) is 6.54 Å². The molecular formula is C12H11NO4. The summed E-state index contributed by atoms with van der Waals surface area (Å²) in [6.45, 7) is 1.83. The molecule has 0 N–H and O–H groups in total. The molecule has 88 valence electrons. The minimum Gasteiger partial charge on any atom is -0.496 e. The van der Waals surface area contributed by atoms with E-state index in [-0.39, 0.29) is 23.4 Å². The zero-order valence-corrected chi connectivity index (χ0v) is 9.52. The summed E-state index contributed by atoms with van der Waals surface area (Å²) in [6, 6.07) is 4.69. The Balaban J connectivity index is 2.68. The van der Waals surface area contributed by atoms with Crippen LogP contribution in [0.15, 0.2) is 18.2 Å². The summed E-state index contributed by atoms with van der Waals surface area (Å²) >= 11 is 0. The maximum atomic E-state index is 12.0. The summed E-state index contributed by atoms with van der Waals surface area (Å²) in [5.41, 5.74) is 0.283. The fourth-order valence-electron chi connectivity index (χ4n) is 1.87. The van der Waals surface area contributed by atoms with Crippen LogP contribution in [0.3, 0.4) is 0 Å². The van der Waals surface area contributed by atoms with Crippen LogP contribution in [0.4, 0.5) is 0 Å². The molecule has 0 bridgehead atoms. The lowest BCUT2D eigenvalue weighted by Gasteiger charge is -2.25. The van der Waals surface area contributed by atoms with Crippen LogP contribution in [0.25, 0.3) is 0 Å². The summed E-state index contributed by atoms with van der Waals surface area (Å²) in [7, 11) is 1.39. The molecule has 0 saturated carbocycles. The SMILES string of the molecule is CCN1C(=O)C(=O)c2c(OC)cccc2C1=O. The summed E-state index contributed by atoms with van der Waals surface area (Å²) in [6.07, 6.45) is 0. The first-order valence-electron chi connectivity index (χ1n) is 5.19. The zero-order valence-electron chi connectivity index (χ0n) is 9.52. The molecule has 1 aromatic rings. The number of carbonyl (C=O) groups excluding carboxylic acids is 3. The van der Waals surface area contributed by atoms with Crippen LogP contribution in [0.5, 0.6) is 5.75 Å². The topological polar surface area (TPSA) is 63.7 Å². The van der Waals surface area contributed by atoms with Crippen molar-refractivity contribution in [1.29, 1.82) is 0 Å². The molecule has 0 radical (unpaired) electrons. The summed E-state index contributed by atoms with van der Waals surface area (Å²) in [4.78, 5) is 36.5. The molecule has 0 aliphatic carbocycles. The quantitative estimate of drug-likeness (QED) is 0.562. The first-order chi connectivity index (χ1) is 8.11. The van der Waals surface area contributed by atoms with Crippen molar-refractivity contribution in [3.8, 4) is 5.75 Å². The largest absolute Gasteiger partial charge is 0.496 e. The molecule has 1 aliphatic rings. The highest BCUT2D eigenvalue weighted by atomic mass is 16.5. The maximum Gasteiger partial charge on any atom is 0.301 e. The standard InChI is InChI=1S/C12H11NO4/c1-3-13-11(15)7-5-4-6-8(17-2)9(7)10(14)12(13)16/h4-6H,3H2,1-2H3. The van der Waals surface area contributed by atoms with E-state index in [4.69, 9.17) is 4.74 Å². The molecule has 1 aromatic carbocycles. The number of amides is 2.